The first-order chi connectivity index (χ1) is 9.97. The molecule has 0 fully saturated rings. The molecule has 112 valence electrons. The van der Waals surface area contributed by atoms with E-state index in [2.05, 4.69) is 0 Å². The number of benzene rings is 2. The van der Waals surface area contributed by atoms with Crippen LogP contribution in [0.3, 0.4) is 0 Å². The Bertz CT molecular complexity index is 576. The van der Waals surface area contributed by atoms with Crippen LogP contribution in [0.2, 0.25) is 0 Å². The second-order valence-corrected chi connectivity index (χ2v) is 5.63. The summed E-state index contributed by atoms with van der Waals surface area (Å²) in [6.45, 7) is 3.98. The smallest absolute Gasteiger partial charge is 0.120 e. The molecule has 0 bridgehead atoms. The average Bonchev–Trinajstić information content (AvgIpc) is 2.46. The molecular formula is C18H23NO2. The minimum atomic E-state index is -0.642. The molecule has 2 rings (SSSR count). The van der Waals surface area contributed by atoms with E-state index in [1.54, 1.807) is 0 Å². The predicted octanol–water partition coefficient (Wildman–Crippen LogP) is 3.62. The average molecular weight is 285 g/mol. The number of hydrogen-bond donors (Lipinski definition) is 1. The van der Waals surface area contributed by atoms with E-state index in [9.17, 15) is 5.11 Å². The third-order valence-electron chi connectivity index (χ3n) is 3.27. The molecule has 3 heteroatoms. The molecule has 1 N–H and O–H groups in total. The molecule has 0 amide bonds. The van der Waals surface area contributed by atoms with Gasteiger partial charge in [-0.3, -0.25) is 0 Å². The Balaban J connectivity index is 2.20. The third-order valence-corrected chi connectivity index (χ3v) is 3.27. The highest BCUT2D eigenvalue weighted by Crippen LogP contribution is 2.26. The van der Waals surface area contributed by atoms with Gasteiger partial charge in [-0.15, -0.1) is 0 Å². The normalized spacial score (nSPS) is 12.3. The second kappa shape index (κ2) is 6.64. The first kappa shape index (κ1) is 15.4. The van der Waals surface area contributed by atoms with Gasteiger partial charge in [0.05, 0.1) is 6.10 Å². The molecule has 0 heterocycles. The second-order valence-electron chi connectivity index (χ2n) is 5.63. The molecule has 0 aromatic heterocycles. The number of nitrogens with zero attached hydrogens (tertiary/aromatic N) is 1. The van der Waals surface area contributed by atoms with Gasteiger partial charge >= 0.3 is 0 Å². The summed E-state index contributed by atoms with van der Waals surface area (Å²) in [5.41, 5.74) is 2.83. The maximum atomic E-state index is 10.5. The van der Waals surface area contributed by atoms with Gasteiger partial charge in [-0.05, 0) is 49.2 Å². The van der Waals surface area contributed by atoms with Gasteiger partial charge in [-0.1, -0.05) is 24.3 Å². The zero-order chi connectivity index (χ0) is 15.4. The van der Waals surface area contributed by atoms with Crippen LogP contribution in [0, 0.1) is 0 Å². The molecule has 0 radical (unpaired) electrons. The fourth-order valence-corrected chi connectivity index (χ4v) is 2.18. The van der Waals surface area contributed by atoms with Crippen molar-refractivity contribution in [3.63, 3.8) is 0 Å². The highest BCUT2D eigenvalue weighted by Gasteiger charge is 2.11. The molecule has 21 heavy (non-hydrogen) atoms. The molecule has 1 atom stereocenters. The summed E-state index contributed by atoms with van der Waals surface area (Å²) in [5.74, 6) is 0.784. The van der Waals surface area contributed by atoms with Crippen LogP contribution >= 0.6 is 0 Å². The molecule has 0 saturated carbocycles. The van der Waals surface area contributed by atoms with Crippen LogP contribution in [0.25, 0.3) is 0 Å². The van der Waals surface area contributed by atoms with E-state index in [0.717, 1.165) is 22.6 Å². The van der Waals surface area contributed by atoms with E-state index >= 15 is 0 Å². The lowest BCUT2D eigenvalue weighted by molar-refractivity contribution is 0.216. The monoisotopic (exact) mass is 285 g/mol. The first-order valence-corrected chi connectivity index (χ1v) is 7.19. The third kappa shape index (κ3) is 3.99. The Morgan fingerprint density at radius 3 is 2.19 bits per heavy atom. The van der Waals surface area contributed by atoms with Crippen molar-refractivity contribution in [2.45, 2.75) is 26.1 Å². The molecule has 0 spiro atoms. The van der Waals surface area contributed by atoms with Gasteiger partial charge in [0.25, 0.3) is 0 Å². The number of hydrogen-bond acceptors (Lipinski definition) is 3. The lowest BCUT2D eigenvalue weighted by atomic mass is 10.0. The number of anilines is 1. The summed E-state index contributed by atoms with van der Waals surface area (Å²) in [6.07, 6.45) is -0.520. The lowest BCUT2D eigenvalue weighted by Crippen LogP contribution is -2.09. The van der Waals surface area contributed by atoms with E-state index in [1.807, 2.05) is 81.4 Å². The SMILES string of the molecule is CC(C)Oc1cccc(C(O)c2ccc(N(C)C)cc2)c1. The van der Waals surface area contributed by atoms with Crippen LogP contribution in [0.1, 0.15) is 31.1 Å². The lowest BCUT2D eigenvalue weighted by Gasteiger charge is -2.17. The van der Waals surface area contributed by atoms with Gasteiger partial charge < -0.3 is 14.7 Å². The van der Waals surface area contributed by atoms with E-state index in [1.165, 1.54) is 0 Å². The molecule has 3 nitrogen and oxygen atoms in total. The molecule has 0 aliphatic carbocycles. The fraction of sp³-hybridized carbons (Fsp3) is 0.333. The van der Waals surface area contributed by atoms with Crippen molar-refractivity contribution in [2.24, 2.45) is 0 Å². The topological polar surface area (TPSA) is 32.7 Å². The minimum Gasteiger partial charge on any atom is -0.491 e. The summed E-state index contributed by atoms with van der Waals surface area (Å²) < 4.78 is 5.67. The van der Waals surface area contributed by atoms with E-state index in [0.29, 0.717) is 0 Å². The van der Waals surface area contributed by atoms with Crippen LogP contribution in [0.15, 0.2) is 48.5 Å². The molecule has 0 aliphatic rings. The predicted molar refractivity (Wildman–Crippen MR) is 87.0 cm³/mol. The van der Waals surface area contributed by atoms with Crippen molar-refractivity contribution >= 4 is 5.69 Å². The molecular weight excluding hydrogens is 262 g/mol. The van der Waals surface area contributed by atoms with Gasteiger partial charge in [0, 0.05) is 19.8 Å². The summed E-state index contributed by atoms with van der Waals surface area (Å²) in [7, 11) is 4.00. The van der Waals surface area contributed by atoms with Crippen molar-refractivity contribution < 1.29 is 9.84 Å². The number of aliphatic hydroxyl groups is 1. The maximum Gasteiger partial charge on any atom is 0.120 e. The number of aliphatic hydroxyl groups excluding tert-OH is 1. The number of ether oxygens (including phenoxy) is 1. The molecule has 0 aliphatic heterocycles. The van der Waals surface area contributed by atoms with E-state index in [4.69, 9.17) is 4.74 Å². The largest absolute Gasteiger partial charge is 0.491 e. The van der Waals surface area contributed by atoms with Crippen LogP contribution < -0.4 is 9.64 Å². The quantitative estimate of drug-likeness (QED) is 0.910. The van der Waals surface area contributed by atoms with Crippen LogP contribution in [0.5, 0.6) is 5.75 Å². The van der Waals surface area contributed by atoms with Gasteiger partial charge in [0.1, 0.15) is 11.9 Å². The summed E-state index contributed by atoms with van der Waals surface area (Å²) >= 11 is 0. The minimum absolute atomic E-state index is 0.122. The zero-order valence-electron chi connectivity index (χ0n) is 13.1. The molecule has 1 unspecified atom stereocenters. The maximum absolute atomic E-state index is 10.5. The highest BCUT2D eigenvalue weighted by molar-refractivity contribution is 5.47. The van der Waals surface area contributed by atoms with Gasteiger partial charge in [0.2, 0.25) is 0 Å². The zero-order valence-corrected chi connectivity index (χ0v) is 13.1. The van der Waals surface area contributed by atoms with E-state index < -0.39 is 6.10 Å². The number of rotatable bonds is 5. The Morgan fingerprint density at radius 2 is 1.62 bits per heavy atom. The summed E-state index contributed by atoms with van der Waals surface area (Å²) in [6, 6.07) is 15.5. The fourth-order valence-electron chi connectivity index (χ4n) is 2.18. The van der Waals surface area contributed by atoms with Gasteiger partial charge in [-0.2, -0.15) is 0 Å². The van der Waals surface area contributed by atoms with Crippen molar-refractivity contribution in [3.05, 3.63) is 59.7 Å². The Kier molecular flexibility index (Phi) is 4.86. The molecule has 2 aromatic rings. The highest BCUT2D eigenvalue weighted by atomic mass is 16.5. The van der Waals surface area contributed by atoms with Crippen molar-refractivity contribution in [3.8, 4) is 5.75 Å². The summed E-state index contributed by atoms with van der Waals surface area (Å²) in [4.78, 5) is 2.03. The van der Waals surface area contributed by atoms with Crippen LogP contribution in [0.4, 0.5) is 5.69 Å². The van der Waals surface area contributed by atoms with Crippen molar-refractivity contribution in [1.82, 2.24) is 0 Å². The summed E-state index contributed by atoms with van der Waals surface area (Å²) in [5, 5.41) is 10.5. The Hall–Kier alpha value is -2.00. The Morgan fingerprint density at radius 1 is 0.952 bits per heavy atom. The Labute approximate surface area is 126 Å². The van der Waals surface area contributed by atoms with Crippen molar-refractivity contribution in [1.29, 1.82) is 0 Å². The van der Waals surface area contributed by atoms with Crippen LogP contribution in [-0.4, -0.2) is 25.3 Å². The van der Waals surface area contributed by atoms with E-state index in [-0.39, 0.29) is 6.10 Å². The molecule has 2 aromatic carbocycles. The standard InChI is InChI=1S/C18H23NO2/c1-13(2)21-17-7-5-6-15(12-17)18(20)14-8-10-16(11-9-14)19(3)4/h5-13,18,20H,1-4H3. The first-order valence-electron chi connectivity index (χ1n) is 7.19. The van der Waals surface area contributed by atoms with Gasteiger partial charge in [0.15, 0.2) is 0 Å². The van der Waals surface area contributed by atoms with Gasteiger partial charge in [-0.25, -0.2) is 0 Å². The molecule has 0 saturated heterocycles. The van der Waals surface area contributed by atoms with Crippen molar-refractivity contribution in [2.75, 3.05) is 19.0 Å². The van der Waals surface area contributed by atoms with Crippen LogP contribution in [-0.2, 0) is 0 Å².